The lowest BCUT2D eigenvalue weighted by molar-refractivity contribution is -0.152. The van der Waals surface area contributed by atoms with Crippen LogP contribution in [0.5, 0.6) is 17.2 Å². The van der Waals surface area contributed by atoms with Crippen molar-refractivity contribution in [3.8, 4) is 17.2 Å². The Morgan fingerprint density at radius 3 is 2.67 bits per heavy atom. The number of methoxy groups -OCH3 is 1. The Labute approximate surface area is 210 Å². The second-order valence-corrected chi connectivity index (χ2v) is 9.08. The van der Waals surface area contributed by atoms with E-state index in [9.17, 15) is 9.59 Å². The largest absolute Gasteiger partial charge is 0.497 e. The van der Waals surface area contributed by atoms with Gasteiger partial charge in [0.1, 0.15) is 11.8 Å². The van der Waals surface area contributed by atoms with E-state index in [1.807, 2.05) is 47.4 Å². The minimum Gasteiger partial charge on any atom is -0.497 e. The maximum Gasteiger partial charge on any atom is 0.323 e. The summed E-state index contributed by atoms with van der Waals surface area (Å²) in [6.45, 7) is 3.08. The SMILES string of the molecule is CCOC(=O)[C@H]1CCCCN1CC(=O)N1N=C(c2ccc(OC)cc2)C[C@@H]1c1ccc2c(c1)OCO2. The molecule has 0 saturated carbocycles. The van der Waals surface area contributed by atoms with Gasteiger partial charge in [0.05, 0.1) is 32.0 Å². The van der Waals surface area contributed by atoms with E-state index < -0.39 is 6.04 Å². The number of hydrazone groups is 1. The molecule has 9 heteroatoms. The van der Waals surface area contributed by atoms with Crippen molar-refractivity contribution >= 4 is 17.6 Å². The van der Waals surface area contributed by atoms with Crippen LogP contribution >= 0.6 is 0 Å². The third-order valence-corrected chi connectivity index (χ3v) is 6.88. The molecule has 2 atom stereocenters. The summed E-state index contributed by atoms with van der Waals surface area (Å²) in [4.78, 5) is 28.2. The number of hydrogen-bond donors (Lipinski definition) is 0. The van der Waals surface area contributed by atoms with Gasteiger partial charge in [-0.25, -0.2) is 5.01 Å². The number of nitrogens with zero attached hydrogens (tertiary/aromatic N) is 3. The van der Waals surface area contributed by atoms with Crippen molar-refractivity contribution in [3.05, 3.63) is 53.6 Å². The number of carbonyl (C=O) groups is 2. The lowest BCUT2D eigenvalue weighted by Gasteiger charge is -2.34. The number of hydrogen-bond acceptors (Lipinski definition) is 8. The van der Waals surface area contributed by atoms with E-state index in [4.69, 9.17) is 24.0 Å². The van der Waals surface area contributed by atoms with Crippen LogP contribution in [0.3, 0.4) is 0 Å². The smallest absolute Gasteiger partial charge is 0.323 e. The average Bonchev–Trinajstić information content (AvgIpc) is 3.56. The molecule has 2 aromatic carbocycles. The minimum absolute atomic E-state index is 0.101. The second kappa shape index (κ2) is 10.6. The molecule has 36 heavy (non-hydrogen) atoms. The van der Waals surface area contributed by atoms with Gasteiger partial charge in [-0.1, -0.05) is 12.5 Å². The predicted molar refractivity (Wildman–Crippen MR) is 132 cm³/mol. The van der Waals surface area contributed by atoms with Crippen LogP contribution in [-0.4, -0.2) is 67.1 Å². The number of benzene rings is 2. The van der Waals surface area contributed by atoms with Crippen LogP contribution in [0.1, 0.15) is 49.8 Å². The third-order valence-electron chi connectivity index (χ3n) is 6.88. The molecular weight excluding hydrogens is 462 g/mol. The zero-order chi connectivity index (χ0) is 25.1. The van der Waals surface area contributed by atoms with Crippen LogP contribution in [0.25, 0.3) is 0 Å². The minimum atomic E-state index is -0.403. The van der Waals surface area contributed by atoms with Gasteiger partial charge in [-0.3, -0.25) is 14.5 Å². The lowest BCUT2D eigenvalue weighted by Crippen LogP contribution is -2.49. The van der Waals surface area contributed by atoms with Crippen LogP contribution in [-0.2, 0) is 14.3 Å². The fraction of sp³-hybridized carbons (Fsp3) is 0.444. The average molecular weight is 494 g/mol. The quantitative estimate of drug-likeness (QED) is 0.545. The fourth-order valence-corrected chi connectivity index (χ4v) is 5.01. The normalized spacial score (nSPS) is 21.3. The van der Waals surface area contributed by atoms with Gasteiger partial charge in [0.25, 0.3) is 5.91 Å². The Bertz CT molecular complexity index is 1150. The number of esters is 1. The Hall–Kier alpha value is -3.59. The number of carbonyl (C=O) groups excluding carboxylic acids is 2. The molecule has 3 aliphatic rings. The summed E-state index contributed by atoms with van der Waals surface area (Å²) in [6, 6.07) is 12.7. The molecular formula is C27H31N3O6. The van der Waals surface area contributed by atoms with Gasteiger partial charge in [0.15, 0.2) is 11.5 Å². The van der Waals surface area contributed by atoms with E-state index in [0.717, 1.165) is 35.4 Å². The van der Waals surface area contributed by atoms with Crippen molar-refractivity contribution in [2.24, 2.45) is 5.10 Å². The Kier molecular flexibility index (Phi) is 7.09. The molecule has 0 aromatic heterocycles. The van der Waals surface area contributed by atoms with E-state index in [1.165, 1.54) is 0 Å². The maximum atomic E-state index is 13.7. The van der Waals surface area contributed by atoms with Gasteiger partial charge in [0, 0.05) is 6.42 Å². The summed E-state index contributed by atoms with van der Waals surface area (Å²) >= 11 is 0. The van der Waals surface area contributed by atoms with E-state index in [0.29, 0.717) is 37.5 Å². The highest BCUT2D eigenvalue weighted by Crippen LogP contribution is 2.39. The van der Waals surface area contributed by atoms with Crippen molar-refractivity contribution < 1.29 is 28.5 Å². The molecule has 5 rings (SSSR count). The van der Waals surface area contributed by atoms with Gasteiger partial charge in [-0.15, -0.1) is 0 Å². The summed E-state index contributed by atoms with van der Waals surface area (Å²) in [5.41, 5.74) is 2.66. The predicted octanol–water partition coefficient (Wildman–Crippen LogP) is 3.52. The zero-order valence-electron chi connectivity index (χ0n) is 20.6. The number of rotatable bonds is 7. The first-order valence-corrected chi connectivity index (χ1v) is 12.4. The molecule has 0 bridgehead atoms. The van der Waals surface area contributed by atoms with Gasteiger partial charge >= 0.3 is 5.97 Å². The maximum absolute atomic E-state index is 13.7. The van der Waals surface area contributed by atoms with E-state index in [-0.39, 0.29) is 31.3 Å². The molecule has 2 aromatic rings. The van der Waals surface area contributed by atoms with Crippen molar-refractivity contribution in [3.63, 3.8) is 0 Å². The number of ether oxygens (including phenoxy) is 4. The fourth-order valence-electron chi connectivity index (χ4n) is 5.01. The number of fused-ring (bicyclic) bond motifs is 1. The number of amides is 1. The summed E-state index contributed by atoms with van der Waals surface area (Å²) in [5.74, 6) is 1.69. The molecule has 1 amide bonds. The highest BCUT2D eigenvalue weighted by Gasteiger charge is 2.37. The highest BCUT2D eigenvalue weighted by atomic mass is 16.7. The highest BCUT2D eigenvalue weighted by molar-refractivity contribution is 6.03. The Morgan fingerprint density at radius 2 is 1.89 bits per heavy atom. The molecule has 190 valence electrons. The first-order chi connectivity index (χ1) is 17.6. The zero-order valence-corrected chi connectivity index (χ0v) is 20.6. The van der Waals surface area contributed by atoms with Crippen molar-refractivity contribution in [2.45, 2.75) is 44.7 Å². The van der Waals surface area contributed by atoms with Gasteiger partial charge in [0.2, 0.25) is 6.79 Å². The van der Waals surface area contributed by atoms with E-state index in [2.05, 4.69) is 0 Å². The standard InChI is InChI=1S/C27H31N3O6/c1-3-34-27(32)22-6-4-5-13-29(22)16-26(31)30-23(19-9-12-24-25(14-19)36-17-35-24)15-21(28-30)18-7-10-20(33-2)11-8-18/h7-12,14,22-23H,3-6,13,15-17H2,1-2H3/t22-,23-/m1/s1. The first kappa shape index (κ1) is 24.1. The summed E-state index contributed by atoms with van der Waals surface area (Å²) in [5, 5.41) is 6.34. The second-order valence-electron chi connectivity index (χ2n) is 9.08. The number of likely N-dealkylation sites (tertiary alicyclic amines) is 1. The molecule has 3 aliphatic heterocycles. The van der Waals surface area contributed by atoms with Crippen molar-refractivity contribution in [1.82, 2.24) is 9.91 Å². The molecule has 1 saturated heterocycles. The van der Waals surface area contributed by atoms with Crippen molar-refractivity contribution in [2.75, 3.05) is 33.6 Å². The lowest BCUT2D eigenvalue weighted by atomic mass is 9.97. The molecule has 0 unspecified atom stereocenters. The molecule has 0 N–H and O–H groups in total. The Balaban J connectivity index is 1.41. The molecule has 0 aliphatic carbocycles. The summed E-state index contributed by atoms with van der Waals surface area (Å²) in [6.07, 6.45) is 3.13. The molecule has 3 heterocycles. The molecule has 1 fully saturated rings. The Morgan fingerprint density at radius 1 is 1.08 bits per heavy atom. The van der Waals surface area contributed by atoms with Crippen LogP contribution in [0.4, 0.5) is 0 Å². The molecule has 9 nitrogen and oxygen atoms in total. The van der Waals surface area contributed by atoms with Crippen LogP contribution in [0, 0.1) is 0 Å². The molecule has 0 spiro atoms. The van der Waals surface area contributed by atoms with Crippen LogP contribution in [0.2, 0.25) is 0 Å². The van der Waals surface area contributed by atoms with Gasteiger partial charge < -0.3 is 18.9 Å². The third kappa shape index (κ3) is 4.88. The first-order valence-electron chi connectivity index (χ1n) is 12.4. The van der Waals surface area contributed by atoms with Crippen molar-refractivity contribution in [1.29, 1.82) is 0 Å². The van der Waals surface area contributed by atoms with E-state index in [1.54, 1.807) is 19.0 Å². The van der Waals surface area contributed by atoms with Crippen LogP contribution in [0.15, 0.2) is 47.6 Å². The topological polar surface area (TPSA) is 89.9 Å². The summed E-state index contributed by atoms with van der Waals surface area (Å²) < 4.78 is 21.6. The van der Waals surface area contributed by atoms with E-state index >= 15 is 0 Å². The monoisotopic (exact) mass is 493 g/mol. The molecule has 0 radical (unpaired) electrons. The van der Waals surface area contributed by atoms with Gasteiger partial charge in [-0.05, 0) is 73.8 Å². The van der Waals surface area contributed by atoms with Gasteiger partial charge in [-0.2, -0.15) is 5.10 Å². The summed E-state index contributed by atoms with van der Waals surface area (Å²) in [7, 11) is 1.63. The van der Waals surface area contributed by atoms with Crippen LogP contribution < -0.4 is 14.2 Å². The number of piperidine rings is 1.